The molecular formula is C23H32N2O3S. The molecule has 0 saturated carbocycles. The zero-order valence-electron chi connectivity index (χ0n) is 18.4. The third-order valence-electron chi connectivity index (χ3n) is 5.35. The first-order valence-corrected chi connectivity index (χ1v) is 11.7. The number of nitrogens with one attached hydrogen (secondary N) is 1. The van der Waals surface area contributed by atoms with E-state index in [9.17, 15) is 13.2 Å². The summed E-state index contributed by atoms with van der Waals surface area (Å²) in [6.45, 7) is 11.5. The highest BCUT2D eigenvalue weighted by atomic mass is 32.2. The van der Waals surface area contributed by atoms with Crippen molar-refractivity contribution in [3.8, 4) is 0 Å². The number of hydrogen-bond acceptors (Lipinski definition) is 3. The molecule has 6 heteroatoms. The number of nitrogens with zero attached hydrogens (tertiary/aromatic N) is 1. The van der Waals surface area contributed by atoms with E-state index in [0.717, 1.165) is 28.5 Å². The zero-order valence-corrected chi connectivity index (χ0v) is 19.2. The molecule has 1 amide bonds. The highest BCUT2D eigenvalue weighted by Crippen LogP contribution is 2.27. The predicted octanol–water partition coefficient (Wildman–Crippen LogP) is 4.34. The Balaban J connectivity index is 2.35. The fourth-order valence-corrected chi connectivity index (χ4v) is 4.66. The van der Waals surface area contributed by atoms with Crippen LogP contribution in [0, 0.1) is 27.7 Å². The third-order valence-corrected chi connectivity index (χ3v) is 6.58. The molecule has 0 aliphatic heterocycles. The van der Waals surface area contributed by atoms with Crippen LogP contribution in [-0.2, 0) is 14.8 Å². The lowest BCUT2D eigenvalue weighted by molar-refractivity contribution is -0.122. The van der Waals surface area contributed by atoms with Crippen molar-refractivity contribution in [3.05, 3.63) is 64.2 Å². The molecule has 0 unspecified atom stereocenters. The number of carbonyl (C=O) groups excluding carboxylic acids is 1. The van der Waals surface area contributed by atoms with Crippen LogP contribution in [-0.4, -0.2) is 26.6 Å². The molecule has 0 aromatic heterocycles. The Bertz CT molecular complexity index is 999. The standard InChI is InChI=1S/C23H32N2O3S/c1-8-21(20-12-11-16(3)18(5)14-20)24-23(26)19(6)25(29(7,27)28)22-13-15(2)9-10-17(22)4/h9-14,19,21H,8H2,1-7H3,(H,24,26)/t19-,21-/m0/s1. The van der Waals surface area contributed by atoms with Crippen LogP contribution in [0.3, 0.4) is 0 Å². The number of anilines is 1. The lowest BCUT2D eigenvalue weighted by atomic mass is 9.99. The molecule has 2 aromatic carbocycles. The molecule has 0 saturated heterocycles. The second-order valence-electron chi connectivity index (χ2n) is 7.84. The summed E-state index contributed by atoms with van der Waals surface area (Å²) in [5.41, 5.74) is 5.66. The van der Waals surface area contributed by atoms with E-state index in [1.807, 2.05) is 52.0 Å². The smallest absolute Gasteiger partial charge is 0.244 e. The average Bonchev–Trinajstić information content (AvgIpc) is 2.63. The minimum Gasteiger partial charge on any atom is -0.347 e. The van der Waals surface area contributed by atoms with Crippen molar-refractivity contribution in [2.75, 3.05) is 10.6 Å². The molecule has 158 valence electrons. The van der Waals surface area contributed by atoms with Crippen LogP contribution < -0.4 is 9.62 Å². The Hall–Kier alpha value is -2.34. The van der Waals surface area contributed by atoms with Crippen LogP contribution in [0.4, 0.5) is 5.69 Å². The van der Waals surface area contributed by atoms with E-state index in [-0.39, 0.29) is 11.9 Å². The van der Waals surface area contributed by atoms with Crippen molar-refractivity contribution in [3.63, 3.8) is 0 Å². The first kappa shape index (κ1) is 22.9. The van der Waals surface area contributed by atoms with Crippen LogP contribution in [0.5, 0.6) is 0 Å². The molecule has 0 aliphatic carbocycles. The van der Waals surface area contributed by atoms with Gasteiger partial charge in [-0.2, -0.15) is 0 Å². The molecule has 5 nitrogen and oxygen atoms in total. The zero-order chi connectivity index (χ0) is 21.9. The summed E-state index contributed by atoms with van der Waals surface area (Å²) in [5.74, 6) is -0.318. The quantitative estimate of drug-likeness (QED) is 0.730. The molecule has 0 fully saturated rings. The summed E-state index contributed by atoms with van der Waals surface area (Å²) in [6.07, 6.45) is 1.85. The lowest BCUT2D eigenvalue weighted by Gasteiger charge is -2.31. The predicted molar refractivity (Wildman–Crippen MR) is 120 cm³/mol. The molecule has 1 N–H and O–H groups in total. The van der Waals surface area contributed by atoms with E-state index in [0.29, 0.717) is 12.1 Å². The van der Waals surface area contributed by atoms with Crippen molar-refractivity contribution < 1.29 is 13.2 Å². The number of sulfonamides is 1. The summed E-state index contributed by atoms with van der Waals surface area (Å²) < 4.78 is 26.4. The van der Waals surface area contributed by atoms with Gasteiger partial charge in [-0.3, -0.25) is 9.10 Å². The SMILES string of the molecule is CC[C@H](NC(=O)[C@H](C)N(c1cc(C)ccc1C)S(C)(=O)=O)c1ccc(C)c(C)c1. The second kappa shape index (κ2) is 8.99. The minimum absolute atomic E-state index is 0.177. The topological polar surface area (TPSA) is 66.5 Å². The number of amides is 1. The lowest BCUT2D eigenvalue weighted by Crippen LogP contribution is -2.48. The van der Waals surface area contributed by atoms with E-state index < -0.39 is 16.1 Å². The molecule has 0 radical (unpaired) electrons. The maximum Gasteiger partial charge on any atom is 0.244 e. The summed E-state index contributed by atoms with van der Waals surface area (Å²) >= 11 is 0. The summed E-state index contributed by atoms with van der Waals surface area (Å²) in [4.78, 5) is 13.1. The fourth-order valence-electron chi connectivity index (χ4n) is 3.43. The summed E-state index contributed by atoms with van der Waals surface area (Å²) in [7, 11) is -3.65. The van der Waals surface area contributed by atoms with Gasteiger partial charge in [0.2, 0.25) is 15.9 Å². The minimum atomic E-state index is -3.65. The van der Waals surface area contributed by atoms with Crippen molar-refractivity contribution in [1.29, 1.82) is 0 Å². The van der Waals surface area contributed by atoms with Crippen LogP contribution in [0.2, 0.25) is 0 Å². The van der Waals surface area contributed by atoms with Gasteiger partial charge >= 0.3 is 0 Å². The Morgan fingerprint density at radius 3 is 2.17 bits per heavy atom. The van der Waals surface area contributed by atoms with Gasteiger partial charge in [-0.25, -0.2) is 8.42 Å². The van der Waals surface area contributed by atoms with Gasteiger partial charge in [-0.15, -0.1) is 0 Å². The second-order valence-corrected chi connectivity index (χ2v) is 9.70. The number of rotatable bonds is 7. The van der Waals surface area contributed by atoms with E-state index in [1.165, 1.54) is 9.87 Å². The largest absolute Gasteiger partial charge is 0.347 e. The van der Waals surface area contributed by atoms with Gasteiger partial charge in [0.05, 0.1) is 18.0 Å². The number of hydrogen-bond donors (Lipinski definition) is 1. The average molecular weight is 417 g/mol. The van der Waals surface area contributed by atoms with Crippen LogP contribution >= 0.6 is 0 Å². The van der Waals surface area contributed by atoms with Gasteiger partial charge in [0, 0.05) is 0 Å². The molecule has 2 aromatic rings. The first-order valence-electron chi connectivity index (χ1n) is 9.89. The molecule has 2 rings (SSSR count). The number of aryl methyl sites for hydroxylation is 4. The van der Waals surface area contributed by atoms with Gasteiger partial charge in [-0.1, -0.05) is 37.3 Å². The van der Waals surface area contributed by atoms with E-state index in [2.05, 4.69) is 18.3 Å². The Morgan fingerprint density at radius 1 is 1.00 bits per heavy atom. The van der Waals surface area contributed by atoms with E-state index in [4.69, 9.17) is 0 Å². The van der Waals surface area contributed by atoms with Crippen molar-refractivity contribution in [2.24, 2.45) is 0 Å². The Morgan fingerprint density at radius 2 is 1.62 bits per heavy atom. The Kier molecular flexibility index (Phi) is 7.11. The molecule has 0 bridgehead atoms. The van der Waals surface area contributed by atoms with Crippen LogP contribution in [0.1, 0.15) is 54.1 Å². The van der Waals surface area contributed by atoms with E-state index >= 15 is 0 Å². The summed E-state index contributed by atoms with van der Waals surface area (Å²) in [6, 6.07) is 10.7. The Labute approximate surface area is 175 Å². The monoisotopic (exact) mass is 416 g/mol. The molecule has 2 atom stereocenters. The van der Waals surface area contributed by atoms with E-state index in [1.54, 1.807) is 13.0 Å². The van der Waals surface area contributed by atoms with Gasteiger partial charge in [0.1, 0.15) is 6.04 Å². The third kappa shape index (κ3) is 5.38. The van der Waals surface area contributed by atoms with Crippen molar-refractivity contribution >= 4 is 21.6 Å². The van der Waals surface area contributed by atoms with Gasteiger partial charge in [0.25, 0.3) is 0 Å². The molecule has 0 heterocycles. The highest BCUT2D eigenvalue weighted by molar-refractivity contribution is 7.92. The molecule has 0 spiro atoms. The maximum atomic E-state index is 13.1. The first-order chi connectivity index (χ1) is 13.5. The molecule has 29 heavy (non-hydrogen) atoms. The molecule has 0 aliphatic rings. The summed E-state index contributed by atoms with van der Waals surface area (Å²) in [5, 5.41) is 3.04. The van der Waals surface area contributed by atoms with Gasteiger partial charge in [0.15, 0.2) is 0 Å². The van der Waals surface area contributed by atoms with Gasteiger partial charge < -0.3 is 5.32 Å². The maximum absolute atomic E-state index is 13.1. The normalized spacial score (nSPS) is 13.6. The van der Waals surface area contributed by atoms with Gasteiger partial charge in [-0.05, 0) is 74.9 Å². The fraction of sp³-hybridized carbons (Fsp3) is 0.435. The van der Waals surface area contributed by atoms with Crippen LogP contribution in [0.15, 0.2) is 36.4 Å². The van der Waals surface area contributed by atoms with Crippen molar-refractivity contribution in [2.45, 2.75) is 60.0 Å². The molecular weight excluding hydrogens is 384 g/mol. The number of carbonyl (C=O) groups is 1. The van der Waals surface area contributed by atoms with Crippen molar-refractivity contribution in [1.82, 2.24) is 5.32 Å². The van der Waals surface area contributed by atoms with Crippen LogP contribution in [0.25, 0.3) is 0 Å². The number of benzene rings is 2. The highest BCUT2D eigenvalue weighted by Gasteiger charge is 2.31.